The van der Waals surface area contributed by atoms with Crippen LogP contribution in [-0.2, 0) is 0 Å². The molecule has 1 aromatic heterocycles. The number of halogens is 1. The number of aromatic nitrogens is 3. The monoisotopic (exact) mass is 279 g/mol. The molecule has 1 N–H and O–H groups in total. The third-order valence-corrected chi connectivity index (χ3v) is 3.95. The van der Waals surface area contributed by atoms with Gasteiger partial charge in [0.1, 0.15) is 5.82 Å². The molecular weight excluding hydrogens is 269 g/mol. The Morgan fingerprint density at radius 2 is 2.26 bits per heavy atom. The topological polar surface area (TPSA) is 67.8 Å². The molecular formula is C12H10FN3O2S. The molecule has 5 nitrogen and oxygen atoms in total. The summed E-state index contributed by atoms with van der Waals surface area (Å²) in [6.07, 6.45) is 2.51. The molecule has 0 unspecified atom stereocenters. The zero-order valence-electron chi connectivity index (χ0n) is 9.80. The van der Waals surface area contributed by atoms with Crippen molar-refractivity contribution < 1.29 is 9.18 Å². The van der Waals surface area contributed by atoms with E-state index in [9.17, 15) is 14.0 Å². The fraction of sp³-hybridized carbons (Fsp3) is 0.250. The predicted octanol–water partition coefficient (Wildman–Crippen LogP) is 2.01. The fourth-order valence-electron chi connectivity index (χ4n) is 1.82. The minimum absolute atomic E-state index is 0.189. The van der Waals surface area contributed by atoms with Crippen LogP contribution in [0.2, 0.25) is 0 Å². The summed E-state index contributed by atoms with van der Waals surface area (Å²) in [5.74, 6) is -0.465. The van der Waals surface area contributed by atoms with Crippen molar-refractivity contribution >= 4 is 18.0 Å². The van der Waals surface area contributed by atoms with Crippen molar-refractivity contribution in [1.29, 1.82) is 0 Å². The molecule has 0 aliphatic heterocycles. The van der Waals surface area contributed by atoms with Crippen molar-refractivity contribution in [2.75, 3.05) is 0 Å². The lowest BCUT2D eigenvalue weighted by Gasteiger charge is -2.05. The number of hydrogen-bond donors (Lipinski definition) is 1. The number of aldehydes is 1. The van der Waals surface area contributed by atoms with Crippen LogP contribution in [0.5, 0.6) is 0 Å². The molecule has 0 bridgehead atoms. The molecule has 0 amide bonds. The van der Waals surface area contributed by atoms with Gasteiger partial charge in [-0.05, 0) is 42.8 Å². The summed E-state index contributed by atoms with van der Waals surface area (Å²) in [6, 6.07) is 4.15. The van der Waals surface area contributed by atoms with Crippen LogP contribution in [0, 0.1) is 5.82 Å². The Labute approximate surface area is 111 Å². The van der Waals surface area contributed by atoms with Gasteiger partial charge in [-0.1, -0.05) is 0 Å². The first-order chi connectivity index (χ1) is 9.19. The normalized spacial score (nSPS) is 14.6. The first kappa shape index (κ1) is 12.2. The highest BCUT2D eigenvalue weighted by atomic mass is 32.2. The number of rotatable bonds is 4. The number of nitrogens with one attached hydrogen (secondary N) is 1. The SMILES string of the molecule is O=Cc1cc(F)ccc1Sc1n[nH]c(=O)n1C1CC1. The van der Waals surface area contributed by atoms with Crippen LogP contribution in [0.4, 0.5) is 4.39 Å². The molecule has 0 atom stereocenters. The third kappa shape index (κ3) is 2.33. The third-order valence-electron chi connectivity index (χ3n) is 2.88. The second-order valence-corrected chi connectivity index (χ2v) is 5.32. The first-order valence-electron chi connectivity index (χ1n) is 5.78. The van der Waals surface area contributed by atoms with Crippen molar-refractivity contribution in [2.24, 2.45) is 0 Å². The van der Waals surface area contributed by atoms with Gasteiger partial charge in [-0.3, -0.25) is 9.36 Å². The second kappa shape index (κ2) is 4.65. The molecule has 98 valence electrons. The summed E-state index contributed by atoms with van der Waals surface area (Å²) < 4.78 is 14.6. The molecule has 1 aromatic carbocycles. The standard InChI is InChI=1S/C12H10FN3O2S/c13-8-1-4-10(7(5-8)6-17)19-12-15-14-11(18)16(12)9-2-3-9/h1,4-6,9H,2-3H2,(H,14,18). The maximum atomic E-state index is 13.0. The minimum Gasteiger partial charge on any atom is -0.298 e. The quantitative estimate of drug-likeness (QED) is 0.869. The van der Waals surface area contributed by atoms with Gasteiger partial charge in [0.25, 0.3) is 0 Å². The molecule has 1 aliphatic carbocycles. The van der Waals surface area contributed by atoms with E-state index in [0.717, 1.165) is 12.8 Å². The lowest BCUT2D eigenvalue weighted by atomic mass is 10.2. The highest BCUT2D eigenvalue weighted by molar-refractivity contribution is 7.99. The summed E-state index contributed by atoms with van der Waals surface area (Å²) in [4.78, 5) is 23.1. The smallest absolute Gasteiger partial charge is 0.298 e. The van der Waals surface area contributed by atoms with Crippen LogP contribution >= 0.6 is 11.8 Å². The van der Waals surface area contributed by atoms with Crippen molar-refractivity contribution in [1.82, 2.24) is 14.8 Å². The van der Waals surface area contributed by atoms with Gasteiger partial charge in [0, 0.05) is 16.5 Å². The van der Waals surface area contributed by atoms with E-state index >= 15 is 0 Å². The van der Waals surface area contributed by atoms with Crippen LogP contribution < -0.4 is 5.69 Å². The maximum absolute atomic E-state index is 13.0. The Balaban J connectivity index is 1.97. The minimum atomic E-state index is -0.465. The van der Waals surface area contributed by atoms with Crippen molar-refractivity contribution in [3.05, 3.63) is 40.1 Å². The van der Waals surface area contributed by atoms with Crippen molar-refractivity contribution in [3.63, 3.8) is 0 Å². The number of nitrogens with zero attached hydrogens (tertiary/aromatic N) is 2. The van der Waals surface area contributed by atoms with Gasteiger partial charge < -0.3 is 0 Å². The largest absolute Gasteiger partial charge is 0.344 e. The highest BCUT2D eigenvalue weighted by Gasteiger charge is 2.28. The lowest BCUT2D eigenvalue weighted by molar-refractivity contribution is 0.112. The Morgan fingerprint density at radius 1 is 1.47 bits per heavy atom. The number of H-pyrrole nitrogens is 1. The summed E-state index contributed by atoms with van der Waals surface area (Å²) in [5, 5.41) is 6.85. The fourth-order valence-corrected chi connectivity index (χ4v) is 2.80. The van der Waals surface area contributed by atoms with E-state index in [-0.39, 0.29) is 17.3 Å². The van der Waals surface area contributed by atoms with Crippen LogP contribution in [0.3, 0.4) is 0 Å². The van der Waals surface area contributed by atoms with Crippen LogP contribution in [0.15, 0.2) is 33.0 Å². The zero-order valence-corrected chi connectivity index (χ0v) is 10.6. The van der Waals surface area contributed by atoms with E-state index in [1.807, 2.05) is 0 Å². The zero-order chi connectivity index (χ0) is 13.4. The molecule has 1 fully saturated rings. The number of aromatic amines is 1. The summed E-state index contributed by atoms with van der Waals surface area (Å²) >= 11 is 1.19. The summed E-state index contributed by atoms with van der Waals surface area (Å²) in [6.45, 7) is 0. The molecule has 3 rings (SSSR count). The van der Waals surface area contributed by atoms with Gasteiger partial charge >= 0.3 is 5.69 Å². The van der Waals surface area contributed by atoms with E-state index in [4.69, 9.17) is 0 Å². The van der Waals surface area contributed by atoms with Crippen molar-refractivity contribution in [2.45, 2.75) is 28.9 Å². The number of carbonyl (C=O) groups excluding carboxylic acids is 1. The molecule has 7 heteroatoms. The molecule has 0 radical (unpaired) electrons. The molecule has 1 saturated carbocycles. The van der Waals surface area contributed by atoms with E-state index in [1.165, 1.54) is 30.0 Å². The second-order valence-electron chi connectivity index (χ2n) is 4.31. The van der Waals surface area contributed by atoms with Gasteiger partial charge in [0.05, 0.1) is 0 Å². The van der Waals surface area contributed by atoms with Crippen LogP contribution in [-0.4, -0.2) is 21.1 Å². The van der Waals surface area contributed by atoms with E-state index in [2.05, 4.69) is 10.2 Å². The Morgan fingerprint density at radius 3 is 2.95 bits per heavy atom. The summed E-state index contributed by atoms with van der Waals surface area (Å²) in [5.41, 5.74) is 0.00237. The molecule has 2 aromatic rings. The number of hydrogen-bond acceptors (Lipinski definition) is 4. The van der Waals surface area contributed by atoms with Crippen LogP contribution in [0.1, 0.15) is 29.2 Å². The molecule has 1 aliphatic rings. The first-order valence-corrected chi connectivity index (χ1v) is 6.60. The molecule has 1 heterocycles. The number of benzene rings is 1. The van der Waals surface area contributed by atoms with Gasteiger partial charge in [0.15, 0.2) is 11.4 Å². The lowest BCUT2D eigenvalue weighted by Crippen LogP contribution is -2.16. The predicted molar refractivity (Wildman–Crippen MR) is 67.0 cm³/mol. The van der Waals surface area contributed by atoms with Crippen molar-refractivity contribution in [3.8, 4) is 0 Å². The Hall–Kier alpha value is -1.89. The maximum Gasteiger partial charge on any atom is 0.344 e. The van der Waals surface area contributed by atoms with Gasteiger partial charge in [-0.25, -0.2) is 14.3 Å². The Kier molecular flexibility index (Phi) is 2.98. The van der Waals surface area contributed by atoms with Crippen LogP contribution in [0.25, 0.3) is 0 Å². The number of carbonyl (C=O) groups is 1. The van der Waals surface area contributed by atoms with Gasteiger partial charge in [-0.15, -0.1) is 5.10 Å². The molecule has 0 saturated heterocycles. The Bertz CT molecular complexity index is 691. The van der Waals surface area contributed by atoms with Gasteiger partial charge in [-0.2, -0.15) is 0 Å². The highest BCUT2D eigenvalue weighted by Crippen LogP contribution is 2.38. The molecule has 0 spiro atoms. The van der Waals surface area contributed by atoms with E-state index in [1.54, 1.807) is 4.57 Å². The summed E-state index contributed by atoms with van der Waals surface area (Å²) in [7, 11) is 0. The molecule has 19 heavy (non-hydrogen) atoms. The average Bonchev–Trinajstić information content (AvgIpc) is 3.17. The van der Waals surface area contributed by atoms with E-state index in [0.29, 0.717) is 16.3 Å². The van der Waals surface area contributed by atoms with E-state index < -0.39 is 5.82 Å². The van der Waals surface area contributed by atoms with Gasteiger partial charge in [0.2, 0.25) is 0 Å². The average molecular weight is 279 g/mol.